The molecule has 8 heteroatoms. The Morgan fingerprint density at radius 1 is 1.16 bits per heavy atom. The van der Waals surface area contributed by atoms with Crippen molar-refractivity contribution in [2.75, 3.05) is 33.4 Å². The molecule has 2 aromatic rings. The molecular weight excluding hydrogens is 453 g/mol. The number of nitrogens with zero attached hydrogens (tertiary/aromatic N) is 1. The molecule has 1 saturated heterocycles. The van der Waals surface area contributed by atoms with E-state index in [1.54, 1.807) is 7.11 Å². The van der Waals surface area contributed by atoms with E-state index in [4.69, 9.17) is 30.5 Å². The van der Waals surface area contributed by atoms with Crippen molar-refractivity contribution in [3.8, 4) is 17.2 Å². The molecule has 0 saturated carbocycles. The number of benzene rings is 2. The molecule has 1 spiro atoms. The van der Waals surface area contributed by atoms with Gasteiger partial charge in [-0.25, -0.2) is 0 Å². The van der Waals surface area contributed by atoms with Crippen LogP contribution in [0.5, 0.6) is 17.2 Å². The number of hydrogen-bond donors (Lipinski definition) is 1. The number of ether oxygens (including phenoxy) is 4. The van der Waals surface area contributed by atoms with Crippen molar-refractivity contribution in [3.63, 3.8) is 0 Å². The van der Waals surface area contributed by atoms with E-state index in [0.717, 1.165) is 48.7 Å². The minimum atomic E-state index is -0.564. The monoisotopic (exact) mass is 483 g/mol. The number of aliphatic hydroxyl groups excluding tert-OH is 1. The number of hydrogen-bond acceptors (Lipinski definition) is 6. The molecule has 2 atom stereocenters. The number of aliphatic hydroxyl groups is 1. The van der Waals surface area contributed by atoms with Crippen LogP contribution >= 0.6 is 24.0 Å². The van der Waals surface area contributed by atoms with Gasteiger partial charge in [-0.1, -0.05) is 11.6 Å². The summed E-state index contributed by atoms with van der Waals surface area (Å²) in [6.07, 6.45) is 1.08. The first kappa shape index (κ1) is 24.9. The van der Waals surface area contributed by atoms with E-state index in [1.807, 2.05) is 42.5 Å². The molecule has 2 aliphatic rings. The highest BCUT2D eigenvalue weighted by molar-refractivity contribution is 6.30. The molecule has 2 unspecified atom stereocenters. The number of β-amino-alcohol motifs (C(OH)–C–C–N with tert-alkyl or cyclic N) is 1. The Kier molecular flexibility index (Phi) is 8.53. The predicted octanol–water partition coefficient (Wildman–Crippen LogP) is 4.34. The lowest BCUT2D eigenvalue weighted by Gasteiger charge is -2.44. The molecule has 6 nitrogen and oxygen atoms in total. The van der Waals surface area contributed by atoms with Crippen molar-refractivity contribution in [2.24, 2.45) is 0 Å². The third kappa shape index (κ3) is 5.80. The van der Waals surface area contributed by atoms with Gasteiger partial charge in [0.15, 0.2) is 0 Å². The van der Waals surface area contributed by atoms with E-state index < -0.39 is 6.10 Å². The van der Waals surface area contributed by atoms with Crippen LogP contribution in [0.2, 0.25) is 5.02 Å². The van der Waals surface area contributed by atoms with Crippen LogP contribution in [0.15, 0.2) is 42.5 Å². The van der Waals surface area contributed by atoms with Crippen LogP contribution in [0.1, 0.15) is 25.3 Å². The van der Waals surface area contributed by atoms with Crippen LogP contribution in [0.4, 0.5) is 0 Å². The quantitative estimate of drug-likeness (QED) is 0.659. The molecule has 4 rings (SSSR count). The molecular formula is C24H31Cl2NO5. The molecule has 2 aromatic carbocycles. The first-order valence-corrected chi connectivity index (χ1v) is 11.1. The van der Waals surface area contributed by atoms with Gasteiger partial charge in [0.05, 0.1) is 13.7 Å². The summed E-state index contributed by atoms with van der Waals surface area (Å²) in [5.74, 6) is 2.34. The minimum Gasteiger partial charge on any atom is -0.497 e. The summed E-state index contributed by atoms with van der Waals surface area (Å²) in [6.45, 7) is 5.07. The largest absolute Gasteiger partial charge is 0.497 e. The second-order valence-electron chi connectivity index (χ2n) is 8.31. The Morgan fingerprint density at radius 3 is 2.53 bits per heavy atom. The van der Waals surface area contributed by atoms with Gasteiger partial charge in [0, 0.05) is 30.2 Å². The van der Waals surface area contributed by atoms with Crippen LogP contribution in [0.25, 0.3) is 0 Å². The average molecular weight is 484 g/mol. The van der Waals surface area contributed by atoms with Crippen LogP contribution < -0.4 is 14.2 Å². The highest BCUT2D eigenvalue weighted by atomic mass is 35.5. The number of halogens is 2. The number of methoxy groups -OCH3 is 1. The molecule has 0 bridgehead atoms. The maximum Gasteiger partial charge on any atom is 0.125 e. The summed E-state index contributed by atoms with van der Waals surface area (Å²) in [4.78, 5) is 2.26. The van der Waals surface area contributed by atoms with Gasteiger partial charge in [-0.05, 0) is 62.2 Å². The molecule has 0 amide bonds. The highest BCUT2D eigenvalue weighted by Crippen LogP contribution is 2.38. The van der Waals surface area contributed by atoms with E-state index >= 15 is 0 Å². The van der Waals surface area contributed by atoms with Crippen molar-refractivity contribution in [2.45, 2.75) is 44.2 Å². The maximum absolute atomic E-state index is 10.4. The summed E-state index contributed by atoms with van der Waals surface area (Å²) in [7, 11) is 1.63. The van der Waals surface area contributed by atoms with E-state index in [0.29, 0.717) is 18.2 Å². The Hall–Kier alpha value is -1.70. The molecule has 0 aliphatic carbocycles. The fourth-order valence-electron chi connectivity index (χ4n) is 4.29. The van der Waals surface area contributed by atoms with Gasteiger partial charge in [0.25, 0.3) is 0 Å². The van der Waals surface area contributed by atoms with Gasteiger partial charge < -0.3 is 29.0 Å². The molecule has 176 valence electrons. The minimum absolute atomic E-state index is 0. The van der Waals surface area contributed by atoms with E-state index in [-0.39, 0.29) is 30.7 Å². The third-order valence-electron chi connectivity index (χ3n) is 6.26. The highest BCUT2D eigenvalue weighted by Gasteiger charge is 2.44. The SMILES string of the molecule is COc1ccc(OCC(O)CN2CCC3(CC2)OCc2cc(Cl)ccc2OC3C)cc1.Cl. The zero-order chi connectivity index (χ0) is 21.8. The number of likely N-dealkylation sites (tertiary alicyclic amines) is 1. The molecule has 1 fully saturated rings. The normalized spacial score (nSPS) is 20.9. The Morgan fingerprint density at radius 2 is 1.84 bits per heavy atom. The summed E-state index contributed by atoms with van der Waals surface area (Å²) in [5.41, 5.74) is 0.664. The first-order chi connectivity index (χ1) is 15.0. The van der Waals surface area contributed by atoms with Gasteiger partial charge in [-0.2, -0.15) is 0 Å². The van der Waals surface area contributed by atoms with Crippen LogP contribution in [0.3, 0.4) is 0 Å². The van der Waals surface area contributed by atoms with Crippen LogP contribution in [-0.4, -0.2) is 61.2 Å². The Balaban J connectivity index is 0.00000289. The van der Waals surface area contributed by atoms with Crippen molar-refractivity contribution in [1.82, 2.24) is 4.90 Å². The van der Waals surface area contributed by atoms with Crippen molar-refractivity contribution in [3.05, 3.63) is 53.1 Å². The lowest BCUT2D eigenvalue weighted by atomic mass is 9.86. The number of rotatable bonds is 6. The third-order valence-corrected chi connectivity index (χ3v) is 6.49. The van der Waals surface area contributed by atoms with Gasteiger partial charge in [-0.15, -0.1) is 12.4 Å². The molecule has 32 heavy (non-hydrogen) atoms. The average Bonchev–Trinajstić information content (AvgIpc) is 2.91. The van der Waals surface area contributed by atoms with E-state index in [9.17, 15) is 5.11 Å². The Labute approximate surface area is 200 Å². The standard InChI is InChI=1S/C24H30ClNO5.ClH/c1-17-24(30-15-18-13-19(25)3-8-23(18)31-17)9-11-26(12-10-24)14-20(27)16-29-22-6-4-21(28-2)5-7-22;/h3-8,13,17,20,27H,9-12,14-16H2,1-2H3;1H. The number of fused-ring (bicyclic) bond motifs is 1. The fraction of sp³-hybridized carbons (Fsp3) is 0.500. The van der Waals surface area contributed by atoms with Gasteiger partial charge >= 0.3 is 0 Å². The maximum atomic E-state index is 10.4. The van der Waals surface area contributed by atoms with Gasteiger partial charge in [0.1, 0.15) is 41.7 Å². The van der Waals surface area contributed by atoms with Crippen LogP contribution in [-0.2, 0) is 11.3 Å². The lowest BCUT2D eigenvalue weighted by molar-refractivity contribution is -0.138. The van der Waals surface area contributed by atoms with Crippen LogP contribution in [0, 0.1) is 0 Å². The smallest absolute Gasteiger partial charge is 0.125 e. The van der Waals surface area contributed by atoms with E-state index in [2.05, 4.69) is 11.8 Å². The van der Waals surface area contributed by atoms with Gasteiger partial charge in [0.2, 0.25) is 0 Å². The molecule has 2 heterocycles. The van der Waals surface area contributed by atoms with Crippen molar-refractivity contribution in [1.29, 1.82) is 0 Å². The summed E-state index contributed by atoms with van der Waals surface area (Å²) in [5, 5.41) is 11.1. The molecule has 0 radical (unpaired) electrons. The topological polar surface area (TPSA) is 60.4 Å². The zero-order valence-electron chi connectivity index (χ0n) is 18.5. The molecule has 0 aromatic heterocycles. The van der Waals surface area contributed by atoms with Crippen molar-refractivity contribution < 1.29 is 24.1 Å². The fourth-order valence-corrected chi connectivity index (χ4v) is 4.49. The van der Waals surface area contributed by atoms with Crippen molar-refractivity contribution >= 4 is 24.0 Å². The second kappa shape index (κ2) is 10.9. The molecule has 2 aliphatic heterocycles. The van der Waals surface area contributed by atoms with E-state index in [1.165, 1.54) is 0 Å². The molecule has 1 N–H and O–H groups in total. The lowest BCUT2D eigenvalue weighted by Crippen LogP contribution is -2.54. The summed E-state index contributed by atoms with van der Waals surface area (Å²) >= 11 is 6.13. The Bertz CT molecular complexity index is 871. The zero-order valence-corrected chi connectivity index (χ0v) is 20.0. The summed E-state index contributed by atoms with van der Waals surface area (Å²) < 4.78 is 23.5. The first-order valence-electron chi connectivity index (χ1n) is 10.7. The second-order valence-corrected chi connectivity index (χ2v) is 8.74. The number of piperidine rings is 1. The predicted molar refractivity (Wildman–Crippen MR) is 126 cm³/mol. The summed E-state index contributed by atoms with van der Waals surface area (Å²) in [6, 6.07) is 13.0. The van der Waals surface area contributed by atoms with Gasteiger partial charge in [-0.3, -0.25) is 0 Å².